The minimum absolute atomic E-state index is 0. The third-order valence-corrected chi connectivity index (χ3v) is 4.47. The van der Waals surface area contributed by atoms with Crippen LogP contribution < -0.4 is 10.6 Å². The fraction of sp³-hybridized carbons (Fsp3) is 0.211. The highest BCUT2D eigenvalue weighted by atomic mass is 35.5. The average Bonchev–Trinajstić information content (AvgIpc) is 3.20. The van der Waals surface area contributed by atoms with E-state index in [0.29, 0.717) is 23.0 Å². The molecular weight excluding hydrogens is 401 g/mol. The Hall–Kier alpha value is -2.45. The molecule has 2 N–H and O–H groups in total. The molecule has 7 nitrogen and oxygen atoms in total. The molecule has 1 atom stereocenters. The fourth-order valence-electron chi connectivity index (χ4n) is 2.85. The summed E-state index contributed by atoms with van der Waals surface area (Å²) in [6, 6.07) is 14.7. The van der Waals surface area contributed by atoms with Crippen LogP contribution in [0, 0.1) is 0 Å². The van der Waals surface area contributed by atoms with Crippen LogP contribution in [0.25, 0.3) is 5.69 Å². The van der Waals surface area contributed by atoms with Gasteiger partial charge in [-0.2, -0.15) is 9.90 Å². The Kier molecular flexibility index (Phi) is 6.64. The molecular formula is C19H19Cl2N5O2. The molecule has 0 bridgehead atoms. The summed E-state index contributed by atoms with van der Waals surface area (Å²) in [6.45, 7) is 2.37. The molecule has 1 amide bonds. The van der Waals surface area contributed by atoms with E-state index in [0.717, 1.165) is 18.7 Å². The molecule has 146 valence electrons. The number of halogens is 2. The van der Waals surface area contributed by atoms with E-state index in [2.05, 4.69) is 20.8 Å². The van der Waals surface area contributed by atoms with E-state index in [-0.39, 0.29) is 30.1 Å². The van der Waals surface area contributed by atoms with Crippen LogP contribution in [-0.2, 0) is 4.74 Å². The zero-order chi connectivity index (χ0) is 18.6. The summed E-state index contributed by atoms with van der Waals surface area (Å²) in [7, 11) is 0. The van der Waals surface area contributed by atoms with Gasteiger partial charge in [-0.1, -0.05) is 29.8 Å². The van der Waals surface area contributed by atoms with Crippen molar-refractivity contribution in [3.63, 3.8) is 0 Å². The first-order valence-electron chi connectivity index (χ1n) is 8.61. The van der Waals surface area contributed by atoms with E-state index < -0.39 is 0 Å². The quantitative estimate of drug-likeness (QED) is 0.678. The second kappa shape index (κ2) is 9.16. The van der Waals surface area contributed by atoms with Crippen molar-refractivity contribution in [2.45, 2.75) is 6.10 Å². The summed E-state index contributed by atoms with van der Waals surface area (Å²) < 4.78 is 5.73. The summed E-state index contributed by atoms with van der Waals surface area (Å²) in [4.78, 5) is 13.8. The smallest absolute Gasteiger partial charge is 0.277 e. The molecule has 28 heavy (non-hydrogen) atoms. The van der Waals surface area contributed by atoms with Crippen LogP contribution in [0.5, 0.6) is 0 Å². The molecule has 1 fully saturated rings. The number of anilines is 1. The Morgan fingerprint density at radius 2 is 2.07 bits per heavy atom. The Labute approximate surface area is 173 Å². The maximum atomic E-state index is 12.4. The average molecular weight is 420 g/mol. The lowest BCUT2D eigenvalue weighted by Gasteiger charge is -2.24. The van der Waals surface area contributed by atoms with Crippen molar-refractivity contribution in [1.29, 1.82) is 0 Å². The van der Waals surface area contributed by atoms with Crippen LogP contribution in [-0.4, -0.2) is 40.6 Å². The third-order valence-electron chi connectivity index (χ3n) is 4.23. The second-order valence-electron chi connectivity index (χ2n) is 6.14. The van der Waals surface area contributed by atoms with Crippen LogP contribution in [0.3, 0.4) is 0 Å². The standard InChI is InChI=1S/C19H18ClN5O2.ClH/c20-14-2-1-3-16(10-14)25-22-11-17(24-25)19(26)23-15-6-4-13(5-7-15)18-12-21-8-9-27-18;/h1-7,10-11,18,21H,8-9,12H2,(H,23,26);1H/t18-;/m1./s1. The number of amides is 1. The van der Waals surface area contributed by atoms with Gasteiger partial charge in [-0.15, -0.1) is 17.5 Å². The molecule has 1 aliphatic heterocycles. The van der Waals surface area contributed by atoms with Crippen molar-refractivity contribution in [2.75, 3.05) is 25.0 Å². The zero-order valence-electron chi connectivity index (χ0n) is 14.8. The molecule has 2 aromatic carbocycles. The molecule has 0 unspecified atom stereocenters. The molecule has 1 saturated heterocycles. The number of carbonyl (C=O) groups excluding carboxylic acids is 1. The Morgan fingerprint density at radius 3 is 2.79 bits per heavy atom. The lowest BCUT2D eigenvalue weighted by molar-refractivity contribution is 0.0277. The zero-order valence-corrected chi connectivity index (χ0v) is 16.4. The van der Waals surface area contributed by atoms with Gasteiger partial charge in [0.05, 0.1) is 24.6 Å². The third kappa shape index (κ3) is 4.69. The Bertz CT molecular complexity index is 940. The Morgan fingerprint density at radius 1 is 1.25 bits per heavy atom. The minimum Gasteiger partial charge on any atom is -0.371 e. The van der Waals surface area contributed by atoms with Crippen molar-refractivity contribution in [3.05, 3.63) is 71.0 Å². The number of hydrogen-bond acceptors (Lipinski definition) is 5. The van der Waals surface area contributed by atoms with Crippen LogP contribution in [0.4, 0.5) is 5.69 Å². The van der Waals surface area contributed by atoms with Gasteiger partial charge in [-0.3, -0.25) is 4.79 Å². The summed E-state index contributed by atoms with van der Waals surface area (Å²) in [5.41, 5.74) is 2.67. The van der Waals surface area contributed by atoms with Gasteiger partial charge < -0.3 is 15.4 Å². The SMILES string of the molecule is Cl.O=C(Nc1ccc([C@H]2CNCCO2)cc1)c1cnn(-c2cccc(Cl)c2)n1. The van der Waals surface area contributed by atoms with Crippen molar-refractivity contribution in [3.8, 4) is 5.69 Å². The maximum Gasteiger partial charge on any atom is 0.277 e. The van der Waals surface area contributed by atoms with Crippen molar-refractivity contribution in [1.82, 2.24) is 20.3 Å². The number of benzene rings is 2. The summed E-state index contributed by atoms with van der Waals surface area (Å²) >= 11 is 5.98. The molecule has 0 spiro atoms. The summed E-state index contributed by atoms with van der Waals surface area (Å²) in [6.07, 6.45) is 1.47. The van der Waals surface area contributed by atoms with Gasteiger partial charge >= 0.3 is 0 Å². The van der Waals surface area contributed by atoms with Crippen LogP contribution >= 0.6 is 24.0 Å². The number of ether oxygens (including phenoxy) is 1. The first kappa shape index (κ1) is 20.3. The van der Waals surface area contributed by atoms with E-state index in [9.17, 15) is 4.79 Å². The number of hydrogen-bond donors (Lipinski definition) is 2. The fourth-order valence-corrected chi connectivity index (χ4v) is 3.03. The minimum atomic E-state index is -0.327. The number of nitrogens with zero attached hydrogens (tertiary/aromatic N) is 3. The van der Waals surface area contributed by atoms with Crippen LogP contribution in [0.2, 0.25) is 5.02 Å². The van der Waals surface area contributed by atoms with Crippen molar-refractivity contribution < 1.29 is 9.53 Å². The molecule has 0 aliphatic carbocycles. The van der Waals surface area contributed by atoms with E-state index >= 15 is 0 Å². The van der Waals surface area contributed by atoms with Gasteiger partial charge in [-0.25, -0.2) is 0 Å². The van der Waals surface area contributed by atoms with Crippen LogP contribution in [0.15, 0.2) is 54.7 Å². The molecule has 9 heteroatoms. The number of rotatable bonds is 4. The maximum absolute atomic E-state index is 12.4. The van der Waals surface area contributed by atoms with Gasteiger partial charge in [0.1, 0.15) is 0 Å². The number of carbonyl (C=O) groups is 1. The molecule has 4 rings (SSSR count). The molecule has 3 aromatic rings. The molecule has 0 radical (unpaired) electrons. The number of nitrogens with one attached hydrogen (secondary N) is 2. The van der Waals surface area contributed by atoms with E-state index in [4.69, 9.17) is 16.3 Å². The van der Waals surface area contributed by atoms with Crippen molar-refractivity contribution >= 4 is 35.6 Å². The van der Waals surface area contributed by atoms with E-state index in [1.807, 2.05) is 30.3 Å². The van der Waals surface area contributed by atoms with Gasteiger partial charge in [0, 0.05) is 23.8 Å². The number of aromatic nitrogens is 3. The topological polar surface area (TPSA) is 81.1 Å². The highest BCUT2D eigenvalue weighted by Gasteiger charge is 2.16. The first-order chi connectivity index (χ1) is 13.2. The Balaban J connectivity index is 0.00000225. The largest absolute Gasteiger partial charge is 0.371 e. The van der Waals surface area contributed by atoms with Gasteiger partial charge in [0.15, 0.2) is 5.69 Å². The van der Waals surface area contributed by atoms with E-state index in [1.165, 1.54) is 11.0 Å². The van der Waals surface area contributed by atoms with Gasteiger partial charge in [-0.05, 0) is 35.9 Å². The normalized spacial score (nSPS) is 16.2. The number of morpholine rings is 1. The monoisotopic (exact) mass is 419 g/mol. The van der Waals surface area contributed by atoms with Crippen LogP contribution in [0.1, 0.15) is 22.2 Å². The van der Waals surface area contributed by atoms with Gasteiger partial charge in [0.2, 0.25) is 0 Å². The first-order valence-corrected chi connectivity index (χ1v) is 8.99. The van der Waals surface area contributed by atoms with E-state index in [1.54, 1.807) is 18.2 Å². The second-order valence-corrected chi connectivity index (χ2v) is 6.58. The van der Waals surface area contributed by atoms with Crippen molar-refractivity contribution in [2.24, 2.45) is 0 Å². The summed E-state index contributed by atoms with van der Waals surface area (Å²) in [5.74, 6) is -0.327. The predicted molar refractivity (Wildman–Crippen MR) is 110 cm³/mol. The van der Waals surface area contributed by atoms with Gasteiger partial charge in [0.25, 0.3) is 5.91 Å². The molecule has 0 saturated carbocycles. The molecule has 1 aromatic heterocycles. The highest BCUT2D eigenvalue weighted by molar-refractivity contribution is 6.30. The predicted octanol–water partition coefficient (Wildman–Crippen LogP) is 3.26. The molecule has 1 aliphatic rings. The summed E-state index contributed by atoms with van der Waals surface area (Å²) in [5, 5.41) is 15.0. The lowest BCUT2D eigenvalue weighted by Crippen LogP contribution is -2.33. The highest BCUT2D eigenvalue weighted by Crippen LogP contribution is 2.21. The lowest BCUT2D eigenvalue weighted by atomic mass is 10.1. The molecule has 2 heterocycles.